The van der Waals surface area contributed by atoms with Gasteiger partial charge in [0.05, 0.1) is 0 Å². The minimum Gasteiger partial charge on any atom is -0.385 e. The molecule has 0 aliphatic heterocycles. The average molecular weight is 230 g/mol. The number of benzene rings is 1. The number of amides is 1. The Balaban J connectivity index is 2.04. The van der Waals surface area contributed by atoms with E-state index < -0.39 is 0 Å². The molecule has 0 spiro atoms. The molecule has 0 atom stereocenters. The van der Waals surface area contributed by atoms with E-state index in [4.69, 9.17) is 0 Å². The average Bonchev–Trinajstić information content (AvgIpc) is 2.83. The Hall–Kier alpha value is -2.30. The number of hydrogen-bond donors (Lipinski definition) is 3. The van der Waals surface area contributed by atoms with Gasteiger partial charge in [-0.2, -0.15) is 0 Å². The Bertz CT molecular complexity index is 476. The van der Waals surface area contributed by atoms with Crippen LogP contribution in [0.2, 0.25) is 0 Å². The topological polar surface area (TPSA) is 69.8 Å². The van der Waals surface area contributed by atoms with Crippen LogP contribution in [-0.4, -0.2) is 22.4 Å². The molecule has 1 amide bonds. The number of nitrogens with zero attached hydrogens (tertiary/aromatic N) is 1. The number of H-pyrrole nitrogens is 1. The van der Waals surface area contributed by atoms with E-state index in [0.717, 1.165) is 12.2 Å². The molecule has 2 rings (SSSR count). The van der Waals surface area contributed by atoms with Gasteiger partial charge in [-0.15, -0.1) is 0 Å². The SMILES string of the molecule is CCNc1ccc(C(=O)Nc2ncc[nH]2)cc1. The monoisotopic (exact) mass is 230 g/mol. The molecular formula is C12H14N4O. The predicted molar refractivity (Wildman–Crippen MR) is 67.1 cm³/mol. The predicted octanol–water partition coefficient (Wildman–Crippen LogP) is 2.09. The summed E-state index contributed by atoms with van der Waals surface area (Å²) in [6.07, 6.45) is 3.24. The van der Waals surface area contributed by atoms with Gasteiger partial charge in [-0.3, -0.25) is 10.1 Å². The summed E-state index contributed by atoms with van der Waals surface area (Å²) < 4.78 is 0. The minimum absolute atomic E-state index is 0.178. The molecule has 5 nitrogen and oxygen atoms in total. The van der Waals surface area contributed by atoms with Crippen LogP contribution in [0.25, 0.3) is 0 Å². The van der Waals surface area contributed by atoms with Crippen molar-refractivity contribution in [2.45, 2.75) is 6.92 Å². The first-order valence-electron chi connectivity index (χ1n) is 5.44. The first kappa shape index (κ1) is 11.2. The summed E-state index contributed by atoms with van der Waals surface area (Å²) in [4.78, 5) is 18.5. The molecule has 3 N–H and O–H groups in total. The van der Waals surface area contributed by atoms with E-state index in [0.29, 0.717) is 11.5 Å². The van der Waals surface area contributed by atoms with Gasteiger partial charge in [-0.1, -0.05) is 0 Å². The van der Waals surface area contributed by atoms with Crippen LogP contribution in [0.3, 0.4) is 0 Å². The van der Waals surface area contributed by atoms with Gasteiger partial charge in [-0.25, -0.2) is 4.98 Å². The Morgan fingerprint density at radius 3 is 2.71 bits per heavy atom. The molecule has 0 fully saturated rings. The van der Waals surface area contributed by atoms with E-state index in [1.807, 2.05) is 19.1 Å². The Morgan fingerprint density at radius 1 is 1.35 bits per heavy atom. The van der Waals surface area contributed by atoms with Crippen molar-refractivity contribution in [1.29, 1.82) is 0 Å². The summed E-state index contributed by atoms with van der Waals surface area (Å²) in [6, 6.07) is 7.30. The lowest BCUT2D eigenvalue weighted by molar-refractivity contribution is 0.102. The first-order valence-corrected chi connectivity index (χ1v) is 5.44. The van der Waals surface area contributed by atoms with Gasteiger partial charge in [0.1, 0.15) is 0 Å². The third kappa shape index (κ3) is 2.84. The normalized spacial score (nSPS) is 9.94. The van der Waals surface area contributed by atoms with Crippen molar-refractivity contribution in [2.24, 2.45) is 0 Å². The highest BCUT2D eigenvalue weighted by Crippen LogP contribution is 2.10. The molecule has 0 saturated carbocycles. The molecule has 0 saturated heterocycles. The molecule has 0 radical (unpaired) electrons. The van der Waals surface area contributed by atoms with E-state index in [-0.39, 0.29) is 5.91 Å². The number of carbonyl (C=O) groups is 1. The number of imidazole rings is 1. The number of nitrogens with one attached hydrogen (secondary N) is 3. The van der Waals surface area contributed by atoms with Crippen LogP contribution in [0, 0.1) is 0 Å². The van der Waals surface area contributed by atoms with Crippen LogP contribution < -0.4 is 10.6 Å². The lowest BCUT2D eigenvalue weighted by atomic mass is 10.2. The van der Waals surface area contributed by atoms with Crippen LogP contribution in [-0.2, 0) is 0 Å². The molecule has 0 bridgehead atoms. The summed E-state index contributed by atoms with van der Waals surface area (Å²) >= 11 is 0. The fraction of sp³-hybridized carbons (Fsp3) is 0.167. The van der Waals surface area contributed by atoms with Crippen molar-refractivity contribution >= 4 is 17.5 Å². The summed E-state index contributed by atoms with van der Waals surface area (Å²) in [7, 11) is 0. The van der Waals surface area contributed by atoms with Crippen LogP contribution in [0.5, 0.6) is 0 Å². The maximum Gasteiger partial charge on any atom is 0.257 e. The molecule has 17 heavy (non-hydrogen) atoms. The summed E-state index contributed by atoms with van der Waals surface area (Å²) in [5, 5.41) is 5.83. The second-order valence-corrected chi connectivity index (χ2v) is 3.50. The van der Waals surface area contributed by atoms with Gasteiger partial charge in [0, 0.05) is 30.2 Å². The smallest absolute Gasteiger partial charge is 0.257 e. The standard InChI is InChI=1S/C12H14N4O/c1-2-13-10-5-3-9(4-6-10)11(17)16-12-14-7-8-15-12/h3-8,13H,2H2,1H3,(H2,14,15,16,17). The van der Waals surface area contributed by atoms with E-state index in [1.54, 1.807) is 24.5 Å². The van der Waals surface area contributed by atoms with Crippen LogP contribution in [0.15, 0.2) is 36.7 Å². The van der Waals surface area contributed by atoms with Crippen LogP contribution >= 0.6 is 0 Å². The second-order valence-electron chi connectivity index (χ2n) is 3.50. The van der Waals surface area contributed by atoms with Gasteiger partial charge < -0.3 is 10.3 Å². The van der Waals surface area contributed by atoms with Crippen LogP contribution in [0.1, 0.15) is 17.3 Å². The van der Waals surface area contributed by atoms with E-state index >= 15 is 0 Å². The molecule has 5 heteroatoms. The van der Waals surface area contributed by atoms with E-state index in [2.05, 4.69) is 20.6 Å². The zero-order chi connectivity index (χ0) is 12.1. The summed E-state index contributed by atoms with van der Waals surface area (Å²) in [5.41, 5.74) is 1.60. The maximum atomic E-state index is 11.8. The molecule has 2 aromatic rings. The van der Waals surface area contributed by atoms with Crippen molar-refractivity contribution < 1.29 is 4.79 Å². The van der Waals surface area contributed by atoms with Gasteiger partial charge in [-0.05, 0) is 31.2 Å². The lowest BCUT2D eigenvalue weighted by Gasteiger charge is -2.05. The third-order valence-electron chi connectivity index (χ3n) is 2.26. The van der Waals surface area contributed by atoms with Crippen molar-refractivity contribution in [3.8, 4) is 0 Å². The zero-order valence-corrected chi connectivity index (χ0v) is 9.53. The molecule has 0 aliphatic carbocycles. The quantitative estimate of drug-likeness (QED) is 0.753. The van der Waals surface area contributed by atoms with Gasteiger partial charge in [0.2, 0.25) is 5.95 Å². The highest BCUT2D eigenvalue weighted by Gasteiger charge is 2.06. The number of rotatable bonds is 4. The van der Waals surface area contributed by atoms with Crippen molar-refractivity contribution in [3.63, 3.8) is 0 Å². The Kier molecular flexibility index (Phi) is 3.40. The zero-order valence-electron chi connectivity index (χ0n) is 9.53. The molecule has 0 unspecified atom stereocenters. The highest BCUT2D eigenvalue weighted by molar-refractivity contribution is 6.03. The Labute approximate surface area is 99.3 Å². The number of anilines is 2. The summed E-state index contributed by atoms with van der Waals surface area (Å²) in [5.74, 6) is 0.272. The third-order valence-corrected chi connectivity index (χ3v) is 2.26. The van der Waals surface area contributed by atoms with Gasteiger partial charge >= 0.3 is 0 Å². The molecular weight excluding hydrogens is 216 g/mol. The summed E-state index contributed by atoms with van der Waals surface area (Å²) in [6.45, 7) is 2.88. The second kappa shape index (κ2) is 5.16. The fourth-order valence-corrected chi connectivity index (χ4v) is 1.46. The first-order chi connectivity index (χ1) is 8.29. The lowest BCUT2D eigenvalue weighted by Crippen LogP contribution is -2.12. The van der Waals surface area contributed by atoms with E-state index in [1.165, 1.54) is 0 Å². The van der Waals surface area contributed by atoms with Crippen LogP contribution in [0.4, 0.5) is 11.6 Å². The minimum atomic E-state index is -0.178. The van der Waals surface area contributed by atoms with E-state index in [9.17, 15) is 4.79 Å². The molecule has 1 heterocycles. The van der Waals surface area contributed by atoms with Gasteiger partial charge in [0.15, 0.2) is 0 Å². The van der Waals surface area contributed by atoms with Crippen molar-refractivity contribution in [2.75, 3.05) is 17.2 Å². The number of aromatic amines is 1. The van der Waals surface area contributed by atoms with Crippen molar-refractivity contribution in [1.82, 2.24) is 9.97 Å². The molecule has 1 aromatic heterocycles. The number of carbonyl (C=O) groups excluding carboxylic acids is 1. The van der Waals surface area contributed by atoms with Crippen molar-refractivity contribution in [3.05, 3.63) is 42.2 Å². The molecule has 88 valence electrons. The fourth-order valence-electron chi connectivity index (χ4n) is 1.46. The molecule has 0 aliphatic rings. The molecule has 1 aromatic carbocycles. The number of hydrogen-bond acceptors (Lipinski definition) is 3. The highest BCUT2D eigenvalue weighted by atomic mass is 16.1. The maximum absolute atomic E-state index is 11.8. The Morgan fingerprint density at radius 2 is 2.12 bits per heavy atom. The van der Waals surface area contributed by atoms with Gasteiger partial charge in [0.25, 0.3) is 5.91 Å². The largest absolute Gasteiger partial charge is 0.385 e. The number of aromatic nitrogens is 2.